The van der Waals surface area contributed by atoms with Crippen molar-refractivity contribution < 1.29 is 14.7 Å². The number of carbonyl (C=O) groups excluding carboxylic acids is 1. The zero-order valence-corrected chi connectivity index (χ0v) is 12.5. The molecule has 7 nitrogen and oxygen atoms in total. The molecule has 1 fully saturated rings. The SMILES string of the molecule is CCCC1(C(=O)O)CCCN1C(=O)N(C)Cc1cn[nH]c1. The van der Waals surface area contributed by atoms with Gasteiger partial charge in [0.2, 0.25) is 0 Å². The van der Waals surface area contributed by atoms with Gasteiger partial charge in [-0.1, -0.05) is 13.3 Å². The summed E-state index contributed by atoms with van der Waals surface area (Å²) in [5, 5.41) is 16.2. The second-order valence-corrected chi connectivity index (χ2v) is 5.59. The number of rotatable bonds is 5. The lowest BCUT2D eigenvalue weighted by Crippen LogP contribution is -2.56. The number of carboxylic acids is 1. The van der Waals surface area contributed by atoms with E-state index in [1.165, 1.54) is 4.90 Å². The van der Waals surface area contributed by atoms with E-state index in [4.69, 9.17) is 0 Å². The van der Waals surface area contributed by atoms with E-state index in [1.54, 1.807) is 24.3 Å². The molecule has 2 N–H and O–H groups in total. The maximum absolute atomic E-state index is 12.6. The number of nitrogens with one attached hydrogen (secondary N) is 1. The van der Waals surface area contributed by atoms with E-state index in [9.17, 15) is 14.7 Å². The number of aromatic amines is 1. The van der Waals surface area contributed by atoms with Crippen molar-refractivity contribution in [2.75, 3.05) is 13.6 Å². The van der Waals surface area contributed by atoms with E-state index in [0.29, 0.717) is 25.9 Å². The molecule has 2 amide bonds. The van der Waals surface area contributed by atoms with Crippen molar-refractivity contribution in [3.8, 4) is 0 Å². The van der Waals surface area contributed by atoms with Gasteiger partial charge in [-0.2, -0.15) is 5.10 Å². The molecule has 21 heavy (non-hydrogen) atoms. The third-order valence-electron chi connectivity index (χ3n) is 4.08. The standard InChI is InChI=1S/C14H22N4O3/c1-3-5-14(12(19)20)6-4-7-18(14)13(21)17(2)10-11-8-15-16-9-11/h8-9H,3-7,10H2,1-2H3,(H,15,16)(H,19,20). The number of aromatic nitrogens is 2. The molecule has 7 heteroatoms. The zero-order valence-electron chi connectivity index (χ0n) is 12.5. The molecule has 2 heterocycles. The topological polar surface area (TPSA) is 89.5 Å². The van der Waals surface area contributed by atoms with Crippen LogP contribution < -0.4 is 0 Å². The number of H-pyrrole nitrogens is 1. The fourth-order valence-corrected chi connectivity index (χ4v) is 3.07. The number of carboxylic acid groups (broad SMARTS) is 1. The number of hydrogen-bond acceptors (Lipinski definition) is 3. The van der Waals surface area contributed by atoms with Crippen molar-refractivity contribution in [2.45, 2.75) is 44.7 Å². The van der Waals surface area contributed by atoms with Crippen LogP contribution in [0.3, 0.4) is 0 Å². The normalized spacial score (nSPS) is 21.5. The summed E-state index contributed by atoms with van der Waals surface area (Å²) in [6.45, 7) is 2.86. The van der Waals surface area contributed by atoms with Gasteiger partial charge in [0.25, 0.3) is 0 Å². The van der Waals surface area contributed by atoms with Crippen molar-refractivity contribution in [1.29, 1.82) is 0 Å². The van der Waals surface area contributed by atoms with Crippen molar-refractivity contribution in [3.63, 3.8) is 0 Å². The minimum absolute atomic E-state index is 0.232. The molecule has 0 bridgehead atoms. The van der Waals surface area contributed by atoms with Crippen LogP contribution in [0, 0.1) is 0 Å². The number of aliphatic carboxylic acids is 1. The predicted molar refractivity (Wildman–Crippen MR) is 76.7 cm³/mol. The summed E-state index contributed by atoms with van der Waals surface area (Å²) in [4.78, 5) is 27.4. The van der Waals surface area contributed by atoms with Gasteiger partial charge in [-0.05, 0) is 19.3 Å². The molecule has 1 saturated heterocycles. The van der Waals surface area contributed by atoms with E-state index in [-0.39, 0.29) is 6.03 Å². The lowest BCUT2D eigenvalue weighted by atomic mass is 9.91. The highest BCUT2D eigenvalue weighted by Gasteiger charge is 2.49. The number of hydrogen-bond donors (Lipinski definition) is 2. The van der Waals surface area contributed by atoms with E-state index in [0.717, 1.165) is 18.4 Å². The van der Waals surface area contributed by atoms with E-state index >= 15 is 0 Å². The van der Waals surface area contributed by atoms with Crippen LogP contribution in [-0.2, 0) is 11.3 Å². The van der Waals surface area contributed by atoms with Crippen molar-refractivity contribution in [1.82, 2.24) is 20.0 Å². The van der Waals surface area contributed by atoms with E-state index in [1.807, 2.05) is 6.92 Å². The average molecular weight is 294 g/mol. The Morgan fingerprint density at radius 2 is 2.33 bits per heavy atom. The lowest BCUT2D eigenvalue weighted by Gasteiger charge is -2.37. The maximum atomic E-state index is 12.6. The van der Waals surface area contributed by atoms with Crippen molar-refractivity contribution >= 4 is 12.0 Å². The Kier molecular flexibility index (Phi) is 4.50. The Morgan fingerprint density at radius 1 is 1.57 bits per heavy atom. The largest absolute Gasteiger partial charge is 0.479 e. The van der Waals surface area contributed by atoms with Crippen LogP contribution in [0.5, 0.6) is 0 Å². The monoisotopic (exact) mass is 294 g/mol. The smallest absolute Gasteiger partial charge is 0.329 e. The highest BCUT2D eigenvalue weighted by Crippen LogP contribution is 2.34. The summed E-state index contributed by atoms with van der Waals surface area (Å²) in [6.07, 6.45) is 5.88. The third kappa shape index (κ3) is 2.86. The molecule has 1 aromatic heterocycles. The molecule has 0 aliphatic carbocycles. The summed E-state index contributed by atoms with van der Waals surface area (Å²) in [7, 11) is 1.69. The molecule has 0 saturated carbocycles. The Morgan fingerprint density at radius 3 is 2.90 bits per heavy atom. The van der Waals surface area contributed by atoms with E-state index in [2.05, 4.69) is 10.2 Å². The Hall–Kier alpha value is -2.05. The molecule has 0 aromatic carbocycles. The molecular formula is C14H22N4O3. The summed E-state index contributed by atoms with van der Waals surface area (Å²) >= 11 is 0. The third-order valence-corrected chi connectivity index (χ3v) is 4.08. The number of nitrogens with zero attached hydrogens (tertiary/aromatic N) is 3. The van der Waals surface area contributed by atoms with Gasteiger partial charge in [0.15, 0.2) is 0 Å². The van der Waals surface area contributed by atoms with Gasteiger partial charge in [-0.15, -0.1) is 0 Å². The van der Waals surface area contributed by atoms with Crippen LogP contribution in [0.4, 0.5) is 4.79 Å². The molecule has 2 rings (SSSR count). The molecule has 1 aliphatic rings. The second kappa shape index (κ2) is 6.15. The lowest BCUT2D eigenvalue weighted by molar-refractivity contribution is -0.148. The molecule has 1 atom stereocenters. The Balaban J connectivity index is 2.14. The van der Waals surface area contributed by atoms with Crippen LogP contribution in [0.1, 0.15) is 38.2 Å². The molecule has 116 valence electrons. The molecule has 0 radical (unpaired) electrons. The van der Waals surface area contributed by atoms with Crippen molar-refractivity contribution in [3.05, 3.63) is 18.0 Å². The number of carbonyl (C=O) groups is 2. The first-order valence-corrected chi connectivity index (χ1v) is 7.25. The van der Waals surface area contributed by atoms with Crippen LogP contribution in [0.2, 0.25) is 0 Å². The average Bonchev–Trinajstić information content (AvgIpc) is 3.08. The Labute approximate surface area is 123 Å². The second-order valence-electron chi connectivity index (χ2n) is 5.59. The first-order chi connectivity index (χ1) is 10.0. The van der Waals surface area contributed by atoms with Gasteiger partial charge >= 0.3 is 12.0 Å². The molecule has 0 spiro atoms. The van der Waals surface area contributed by atoms with Gasteiger partial charge in [0, 0.05) is 25.4 Å². The Bertz CT molecular complexity index is 502. The van der Waals surface area contributed by atoms with Gasteiger partial charge in [0.1, 0.15) is 5.54 Å². The fourth-order valence-electron chi connectivity index (χ4n) is 3.07. The summed E-state index contributed by atoms with van der Waals surface area (Å²) in [5.74, 6) is -0.896. The minimum Gasteiger partial charge on any atom is -0.479 e. The minimum atomic E-state index is -1.05. The molecule has 1 aliphatic heterocycles. The molecular weight excluding hydrogens is 272 g/mol. The maximum Gasteiger partial charge on any atom is 0.329 e. The van der Waals surface area contributed by atoms with Crippen LogP contribution in [0.15, 0.2) is 12.4 Å². The predicted octanol–water partition coefficient (Wildman–Crippen LogP) is 1.68. The summed E-state index contributed by atoms with van der Waals surface area (Å²) in [5.41, 5.74) is -0.155. The summed E-state index contributed by atoms with van der Waals surface area (Å²) in [6, 6.07) is -0.232. The van der Waals surface area contributed by atoms with E-state index < -0.39 is 11.5 Å². The van der Waals surface area contributed by atoms with Gasteiger partial charge < -0.3 is 14.9 Å². The summed E-state index contributed by atoms with van der Waals surface area (Å²) < 4.78 is 0. The quantitative estimate of drug-likeness (QED) is 0.864. The molecule has 1 aromatic rings. The number of urea groups is 1. The van der Waals surface area contributed by atoms with Crippen LogP contribution in [-0.4, -0.2) is 56.2 Å². The van der Waals surface area contributed by atoms with Crippen LogP contribution in [0.25, 0.3) is 0 Å². The first kappa shape index (κ1) is 15.3. The van der Waals surface area contributed by atoms with Gasteiger partial charge in [-0.3, -0.25) is 5.10 Å². The number of amides is 2. The van der Waals surface area contributed by atoms with Gasteiger partial charge in [-0.25, -0.2) is 9.59 Å². The van der Waals surface area contributed by atoms with Gasteiger partial charge in [0.05, 0.1) is 12.7 Å². The highest BCUT2D eigenvalue weighted by atomic mass is 16.4. The van der Waals surface area contributed by atoms with Crippen LogP contribution >= 0.6 is 0 Å². The van der Waals surface area contributed by atoms with Crippen molar-refractivity contribution in [2.24, 2.45) is 0 Å². The molecule has 1 unspecified atom stereocenters. The number of likely N-dealkylation sites (tertiary alicyclic amines) is 1. The zero-order chi connectivity index (χ0) is 15.5. The first-order valence-electron chi connectivity index (χ1n) is 7.25. The fraction of sp³-hybridized carbons (Fsp3) is 0.643. The highest BCUT2D eigenvalue weighted by molar-refractivity contribution is 5.87.